The normalized spacial score (nSPS) is 11.5. The standard InChI is InChI=1S/C25H20N2O4S/c28-25(16-19-8-2-1-3-9-19)27-26-18-22-12-6-7-13-24(22)31-32(29,30)23-15-14-20-10-4-5-11-21(20)17-23/h1-15,17-18H,16H2,(H,27,28). The summed E-state index contributed by atoms with van der Waals surface area (Å²) in [5, 5.41) is 5.68. The van der Waals surface area contributed by atoms with Gasteiger partial charge >= 0.3 is 10.1 Å². The minimum Gasteiger partial charge on any atom is -0.378 e. The molecule has 0 unspecified atom stereocenters. The highest BCUT2D eigenvalue weighted by molar-refractivity contribution is 7.87. The van der Waals surface area contributed by atoms with Gasteiger partial charge in [-0.05, 0) is 40.6 Å². The first-order chi connectivity index (χ1) is 15.5. The predicted molar refractivity (Wildman–Crippen MR) is 124 cm³/mol. The fourth-order valence-corrected chi connectivity index (χ4v) is 4.14. The molecule has 32 heavy (non-hydrogen) atoms. The molecule has 0 spiro atoms. The Kier molecular flexibility index (Phi) is 6.28. The molecule has 0 aliphatic heterocycles. The van der Waals surface area contributed by atoms with Gasteiger partial charge in [-0.15, -0.1) is 0 Å². The molecule has 0 aromatic heterocycles. The number of rotatable bonds is 7. The van der Waals surface area contributed by atoms with Crippen molar-refractivity contribution in [2.24, 2.45) is 5.10 Å². The molecule has 7 heteroatoms. The lowest BCUT2D eigenvalue weighted by molar-refractivity contribution is -0.120. The highest BCUT2D eigenvalue weighted by Crippen LogP contribution is 2.24. The van der Waals surface area contributed by atoms with Gasteiger partial charge in [-0.25, -0.2) is 5.43 Å². The van der Waals surface area contributed by atoms with Gasteiger partial charge in [-0.1, -0.05) is 72.8 Å². The maximum Gasteiger partial charge on any atom is 0.339 e. The Bertz CT molecular complexity index is 1380. The van der Waals surface area contributed by atoms with Gasteiger partial charge in [-0.3, -0.25) is 4.79 Å². The van der Waals surface area contributed by atoms with Crippen LogP contribution in [0.2, 0.25) is 0 Å². The van der Waals surface area contributed by atoms with Crippen LogP contribution < -0.4 is 9.61 Å². The molecule has 6 nitrogen and oxygen atoms in total. The molecule has 0 radical (unpaired) electrons. The second-order valence-corrected chi connectivity index (χ2v) is 8.59. The van der Waals surface area contributed by atoms with Crippen molar-refractivity contribution >= 4 is 33.0 Å². The average molecular weight is 445 g/mol. The Balaban J connectivity index is 1.48. The molecular weight excluding hydrogens is 424 g/mol. The number of hydrazone groups is 1. The van der Waals surface area contributed by atoms with Crippen LogP contribution in [-0.2, 0) is 21.3 Å². The smallest absolute Gasteiger partial charge is 0.339 e. The number of hydrogen-bond acceptors (Lipinski definition) is 5. The summed E-state index contributed by atoms with van der Waals surface area (Å²) < 4.78 is 31.1. The molecule has 160 valence electrons. The quantitative estimate of drug-likeness (QED) is 0.262. The highest BCUT2D eigenvalue weighted by Gasteiger charge is 2.18. The fourth-order valence-electron chi connectivity index (χ4n) is 3.15. The Labute approximate surface area is 186 Å². The zero-order valence-electron chi connectivity index (χ0n) is 17.0. The van der Waals surface area contributed by atoms with Crippen LogP contribution >= 0.6 is 0 Å². The first-order valence-corrected chi connectivity index (χ1v) is 11.3. The minimum absolute atomic E-state index is 0.0547. The van der Waals surface area contributed by atoms with Crippen molar-refractivity contribution in [3.05, 3.63) is 108 Å². The Morgan fingerprint density at radius 3 is 2.34 bits per heavy atom. The van der Waals surface area contributed by atoms with E-state index >= 15 is 0 Å². The van der Waals surface area contributed by atoms with E-state index in [-0.39, 0.29) is 23.0 Å². The maximum absolute atomic E-state index is 12.8. The summed E-state index contributed by atoms with van der Waals surface area (Å²) in [5.74, 6) is -0.170. The number of benzene rings is 4. The first kappa shape index (κ1) is 21.3. The largest absolute Gasteiger partial charge is 0.378 e. The van der Waals surface area contributed by atoms with Crippen LogP contribution in [0.1, 0.15) is 11.1 Å². The molecule has 0 saturated heterocycles. The summed E-state index contributed by atoms with van der Waals surface area (Å²) >= 11 is 0. The monoisotopic (exact) mass is 444 g/mol. The average Bonchev–Trinajstić information content (AvgIpc) is 2.80. The van der Waals surface area contributed by atoms with Crippen LogP contribution in [0.5, 0.6) is 5.75 Å². The van der Waals surface area contributed by atoms with E-state index in [1.165, 1.54) is 18.3 Å². The van der Waals surface area contributed by atoms with Gasteiger partial charge in [0.15, 0.2) is 5.75 Å². The van der Waals surface area contributed by atoms with Crippen molar-refractivity contribution < 1.29 is 17.4 Å². The van der Waals surface area contributed by atoms with Crippen molar-refractivity contribution in [3.63, 3.8) is 0 Å². The number of nitrogens with zero attached hydrogens (tertiary/aromatic N) is 1. The number of carbonyl (C=O) groups excluding carboxylic acids is 1. The highest BCUT2D eigenvalue weighted by atomic mass is 32.2. The van der Waals surface area contributed by atoms with E-state index in [1.54, 1.807) is 30.3 Å². The summed E-state index contributed by atoms with van der Waals surface area (Å²) in [6.07, 6.45) is 1.54. The number of para-hydroxylation sites is 1. The van der Waals surface area contributed by atoms with Crippen LogP contribution in [0.4, 0.5) is 0 Å². The molecule has 4 rings (SSSR count). The molecule has 0 saturated carbocycles. The first-order valence-electron chi connectivity index (χ1n) is 9.89. The second-order valence-electron chi connectivity index (χ2n) is 7.04. The van der Waals surface area contributed by atoms with E-state index in [0.29, 0.717) is 5.56 Å². The zero-order valence-corrected chi connectivity index (χ0v) is 17.8. The van der Waals surface area contributed by atoms with Gasteiger partial charge in [0.2, 0.25) is 5.91 Å². The van der Waals surface area contributed by atoms with Crippen LogP contribution in [-0.4, -0.2) is 20.5 Å². The molecule has 0 atom stereocenters. The van der Waals surface area contributed by atoms with E-state index in [1.807, 2.05) is 54.6 Å². The Morgan fingerprint density at radius 2 is 1.53 bits per heavy atom. The topological polar surface area (TPSA) is 84.8 Å². The molecule has 1 N–H and O–H groups in total. The van der Waals surface area contributed by atoms with Gasteiger partial charge in [0.05, 0.1) is 12.6 Å². The Hall–Kier alpha value is -3.97. The molecule has 4 aromatic carbocycles. The van der Waals surface area contributed by atoms with Crippen molar-refractivity contribution in [2.75, 3.05) is 0 Å². The van der Waals surface area contributed by atoms with Gasteiger partial charge < -0.3 is 4.18 Å². The molecule has 0 fully saturated rings. The molecule has 4 aromatic rings. The van der Waals surface area contributed by atoms with Gasteiger partial charge in [0.25, 0.3) is 0 Å². The summed E-state index contributed by atoms with van der Waals surface area (Å²) in [6.45, 7) is 0. The van der Waals surface area contributed by atoms with Crippen LogP contribution in [0.15, 0.2) is 107 Å². The van der Waals surface area contributed by atoms with E-state index in [4.69, 9.17) is 4.18 Å². The lowest BCUT2D eigenvalue weighted by Gasteiger charge is -2.10. The van der Waals surface area contributed by atoms with Gasteiger partial charge in [-0.2, -0.15) is 13.5 Å². The zero-order chi connectivity index (χ0) is 22.4. The predicted octanol–water partition coefficient (Wildman–Crippen LogP) is 4.30. The molecule has 0 aliphatic carbocycles. The van der Waals surface area contributed by atoms with E-state index in [0.717, 1.165) is 16.3 Å². The number of hydrogen-bond donors (Lipinski definition) is 1. The molecule has 0 aliphatic rings. The van der Waals surface area contributed by atoms with Crippen LogP contribution in [0.25, 0.3) is 10.8 Å². The number of nitrogens with one attached hydrogen (secondary N) is 1. The van der Waals surface area contributed by atoms with Crippen LogP contribution in [0, 0.1) is 0 Å². The lowest BCUT2D eigenvalue weighted by Crippen LogP contribution is -2.19. The number of fused-ring (bicyclic) bond motifs is 1. The van der Waals surface area contributed by atoms with E-state index in [2.05, 4.69) is 10.5 Å². The third kappa shape index (κ3) is 5.19. The summed E-state index contributed by atoms with van der Waals surface area (Å²) in [6, 6.07) is 28.2. The molecule has 1 amide bonds. The van der Waals surface area contributed by atoms with Gasteiger partial charge in [0.1, 0.15) is 4.90 Å². The van der Waals surface area contributed by atoms with Crippen molar-refractivity contribution in [2.45, 2.75) is 11.3 Å². The molecule has 0 bridgehead atoms. The SMILES string of the molecule is O=C(Cc1ccccc1)NN=Cc1ccccc1OS(=O)(=O)c1ccc2ccccc2c1. The van der Waals surface area contributed by atoms with E-state index in [9.17, 15) is 13.2 Å². The van der Waals surface area contributed by atoms with Gasteiger partial charge in [0, 0.05) is 5.56 Å². The summed E-state index contributed by atoms with van der Waals surface area (Å²) in [5.41, 5.74) is 3.73. The minimum atomic E-state index is -4.06. The Morgan fingerprint density at radius 1 is 0.844 bits per heavy atom. The number of amides is 1. The summed E-state index contributed by atoms with van der Waals surface area (Å²) in [7, 11) is -4.06. The lowest BCUT2D eigenvalue weighted by atomic mass is 10.1. The number of carbonyl (C=O) groups is 1. The van der Waals surface area contributed by atoms with Crippen molar-refractivity contribution in [1.82, 2.24) is 5.43 Å². The van der Waals surface area contributed by atoms with Crippen LogP contribution in [0.3, 0.4) is 0 Å². The van der Waals surface area contributed by atoms with Crippen molar-refractivity contribution in [3.8, 4) is 5.75 Å². The summed E-state index contributed by atoms with van der Waals surface area (Å²) in [4.78, 5) is 12.1. The third-order valence-corrected chi connectivity index (χ3v) is 5.96. The fraction of sp³-hybridized carbons (Fsp3) is 0.0400. The second kappa shape index (κ2) is 9.45. The van der Waals surface area contributed by atoms with Crippen molar-refractivity contribution in [1.29, 1.82) is 0 Å². The maximum atomic E-state index is 12.8. The van der Waals surface area contributed by atoms with E-state index < -0.39 is 10.1 Å². The molecular formula is C25H20N2O4S. The molecule has 0 heterocycles. The third-order valence-electron chi connectivity index (χ3n) is 4.73.